The summed E-state index contributed by atoms with van der Waals surface area (Å²) in [6.07, 6.45) is 2.43. The van der Waals surface area contributed by atoms with Crippen molar-refractivity contribution in [1.29, 1.82) is 0 Å². The van der Waals surface area contributed by atoms with E-state index in [4.69, 9.17) is 4.74 Å². The highest BCUT2D eigenvalue weighted by Crippen LogP contribution is 2.29. The lowest BCUT2D eigenvalue weighted by Gasteiger charge is -2.40. The van der Waals surface area contributed by atoms with Gasteiger partial charge < -0.3 is 20.1 Å². The van der Waals surface area contributed by atoms with Gasteiger partial charge in [-0.1, -0.05) is 0 Å². The average molecular weight is 284 g/mol. The molecule has 0 aromatic heterocycles. The third kappa shape index (κ3) is 4.09. The maximum Gasteiger partial charge on any atom is 0.410 e. The Morgan fingerprint density at radius 1 is 1.35 bits per heavy atom. The summed E-state index contributed by atoms with van der Waals surface area (Å²) < 4.78 is 5.45. The molecule has 3 unspecified atom stereocenters. The standard InChI is InChI=1S/C15H28N2O3/c1-15(2,3)20-14(19)17-8-4-5-11(10-17)12-9-16-7-6-13(12)18/h11-13,16,18H,4-10H2,1-3H3. The number of hydrogen-bond donors (Lipinski definition) is 2. The van der Waals surface area contributed by atoms with Gasteiger partial charge in [0.2, 0.25) is 0 Å². The van der Waals surface area contributed by atoms with E-state index in [9.17, 15) is 9.90 Å². The molecule has 2 fully saturated rings. The second-order valence-corrected chi connectivity index (χ2v) is 7.05. The van der Waals surface area contributed by atoms with Gasteiger partial charge in [0.05, 0.1) is 6.10 Å². The van der Waals surface area contributed by atoms with Crippen LogP contribution in [0.1, 0.15) is 40.0 Å². The Labute approximate surface area is 121 Å². The van der Waals surface area contributed by atoms with Crippen molar-refractivity contribution in [2.24, 2.45) is 11.8 Å². The number of aliphatic hydroxyl groups excluding tert-OH is 1. The molecule has 2 heterocycles. The van der Waals surface area contributed by atoms with E-state index in [1.54, 1.807) is 4.90 Å². The maximum atomic E-state index is 12.1. The molecule has 1 amide bonds. The van der Waals surface area contributed by atoms with Crippen LogP contribution in [0, 0.1) is 11.8 Å². The van der Waals surface area contributed by atoms with Crippen LogP contribution in [0.2, 0.25) is 0 Å². The molecule has 2 N–H and O–H groups in total. The van der Waals surface area contributed by atoms with E-state index in [1.165, 1.54) is 0 Å². The number of piperidine rings is 2. The minimum atomic E-state index is -0.448. The van der Waals surface area contributed by atoms with Crippen molar-refractivity contribution in [2.75, 3.05) is 26.2 Å². The lowest BCUT2D eigenvalue weighted by Crippen LogP contribution is -2.50. The first-order chi connectivity index (χ1) is 9.37. The molecule has 2 rings (SSSR count). The normalized spacial score (nSPS) is 32.0. The lowest BCUT2D eigenvalue weighted by atomic mass is 9.79. The van der Waals surface area contributed by atoms with Gasteiger partial charge in [0.25, 0.3) is 0 Å². The Morgan fingerprint density at radius 3 is 2.75 bits per heavy atom. The zero-order valence-corrected chi connectivity index (χ0v) is 12.9. The zero-order valence-electron chi connectivity index (χ0n) is 12.9. The molecule has 20 heavy (non-hydrogen) atoms. The van der Waals surface area contributed by atoms with Crippen molar-refractivity contribution in [2.45, 2.75) is 51.7 Å². The van der Waals surface area contributed by atoms with Gasteiger partial charge in [-0.3, -0.25) is 0 Å². The van der Waals surface area contributed by atoms with Gasteiger partial charge in [0.1, 0.15) is 5.60 Å². The van der Waals surface area contributed by atoms with Crippen LogP contribution in [0.25, 0.3) is 0 Å². The molecular weight excluding hydrogens is 256 g/mol. The fourth-order valence-electron chi connectivity index (χ4n) is 3.20. The van der Waals surface area contributed by atoms with Gasteiger partial charge in [-0.05, 0) is 52.5 Å². The Kier molecular flexibility index (Phi) is 4.91. The van der Waals surface area contributed by atoms with Crippen LogP contribution >= 0.6 is 0 Å². The van der Waals surface area contributed by atoms with Crippen LogP contribution in [-0.4, -0.2) is 54.0 Å². The molecular formula is C15H28N2O3. The summed E-state index contributed by atoms with van der Waals surface area (Å²) in [7, 11) is 0. The summed E-state index contributed by atoms with van der Waals surface area (Å²) >= 11 is 0. The minimum absolute atomic E-state index is 0.222. The first-order valence-electron chi connectivity index (χ1n) is 7.73. The molecule has 2 aliphatic heterocycles. The second-order valence-electron chi connectivity index (χ2n) is 7.05. The smallest absolute Gasteiger partial charge is 0.410 e. The van der Waals surface area contributed by atoms with Crippen LogP contribution in [0.4, 0.5) is 4.79 Å². The van der Waals surface area contributed by atoms with Gasteiger partial charge in [0, 0.05) is 25.6 Å². The average Bonchev–Trinajstić information content (AvgIpc) is 2.37. The van der Waals surface area contributed by atoms with Crippen molar-refractivity contribution in [1.82, 2.24) is 10.2 Å². The molecule has 3 atom stereocenters. The Morgan fingerprint density at radius 2 is 2.10 bits per heavy atom. The van der Waals surface area contributed by atoms with E-state index in [-0.39, 0.29) is 18.1 Å². The van der Waals surface area contributed by atoms with E-state index in [0.717, 1.165) is 38.9 Å². The fourth-order valence-corrected chi connectivity index (χ4v) is 3.20. The predicted octanol–water partition coefficient (Wildman–Crippen LogP) is 1.60. The zero-order chi connectivity index (χ0) is 14.8. The molecule has 0 spiro atoms. The number of aliphatic hydroxyl groups is 1. The molecule has 0 aliphatic carbocycles. The summed E-state index contributed by atoms with van der Waals surface area (Å²) in [5, 5.41) is 13.5. The monoisotopic (exact) mass is 284 g/mol. The molecule has 2 saturated heterocycles. The van der Waals surface area contributed by atoms with E-state index in [1.807, 2.05) is 20.8 Å². The Hall–Kier alpha value is -0.810. The highest BCUT2D eigenvalue weighted by Gasteiger charge is 2.35. The predicted molar refractivity (Wildman–Crippen MR) is 77.5 cm³/mol. The number of rotatable bonds is 1. The molecule has 5 heteroatoms. The molecule has 0 radical (unpaired) electrons. The van der Waals surface area contributed by atoms with E-state index >= 15 is 0 Å². The third-order valence-electron chi connectivity index (χ3n) is 4.21. The number of ether oxygens (including phenoxy) is 1. The first-order valence-corrected chi connectivity index (χ1v) is 7.73. The van der Waals surface area contributed by atoms with Crippen molar-refractivity contribution in [3.8, 4) is 0 Å². The summed E-state index contributed by atoms with van der Waals surface area (Å²) in [5.74, 6) is 0.632. The number of carbonyl (C=O) groups is 1. The first kappa shape index (κ1) is 15.6. The van der Waals surface area contributed by atoms with Gasteiger partial charge >= 0.3 is 6.09 Å². The van der Waals surface area contributed by atoms with Gasteiger partial charge in [0.15, 0.2) is 0 Å². The lowest BCUT2D eigenvalue weighted by molar-refractivity contribution is -0.00541. The second kappa shape index (κ2) is 6.31. The van der Waals surface area contributed by atoms with Crippen molar-refractivity contribution in [3.63, 3.8) is 0 Å². The Balaban J connectivity index is 1.92. The summed E-state index contributed by atoms with van der Waals surface area (Å²) in [4.78, 5) is 14.0. The molecule has 5 nitrogen and oxygen atoms in total. The molecule has 2 aliphatic rings. The highest BCUT2D eigenvalue weighted by molar-refractivity contribution is 5.68. The Bertz CT molecular complexity index is 341. The number of nitrogens with one attached hydrogen (secondary N) is 1. The van der Waals surface area contributed by atoms with Crippen LogP contribution in [0.3, 0.4) is 0 Å². The van der Waals surface area contributed by atoms with E-state index in [0.29, 0.717) is 12.5 Å². The van der Waals surface area contributed by atoms with Gasteiger partial charge in [-0.2, -0.15) is 0 Å². The van der Waals surface area contributed by atoms with E-state index in [2.05, 4.69) is 5.32 Å². The molecule has 116 valence electrons. The maximum absolute atomic E-state index is 12.1. The molecule has 0 saturated carbocycles. The molecule has 0 aromatic carbocycles. The van der Waals surface area contributed by atoms with Crippen LogP contribution in [0.15, 0.2) is 0 Å². The number of amides is 1. The minimum Gasteiger partial charge on any atom is -0.444 e. The van der Waals surface area contributed by atoms with Crippen LogP contribution in [-0.2, 0) is 4.74 Å². The summed E-state index contributed by atoms with van der Waals surface area (Å²) in [6, 6.07) is 0. The van der Waals surface area contributed by atoms with Crippen LogP contribution < -0.4 is 5.32 Å². The number of nitrogens with zero attached hydrogens (tertiary/aromatic N) is 1. The third-order valence-corrected chi connectivity index (χ3v) is 4.21. The summed E-state index contributed by atoms with van der Waals surface area (Å²) in [6.45, 7) is 8.89. The van der Waals surface area contributed by atoms with Gasteiger partial charge in [-0.15, -0.1) is 0 Å². The summed E-state index contributed by atoms with van der Waals surface area (Å²) in [5.41, 5.74) is -0.448. The number of likely N-dealkylation sites (tertiary alicyclic amines) is 1. The topological polar surface area (TPSA) is 61.8 Å². The quantitative estimate of drug-likeness (QED) is 0.768. The SMILES string of the molecule is CC(C)(C)OC(=O)N1CCCC(C2CNCCC2O)C1. The van der Waals surface area contributed by atoms with Crippen molar-refractivity contribution < 1.29 is 14.6 Å². The van der Waals surface area contributed by atoms with Crippen LogP contribution in [0.5, 0.6) is 0 Å². The van der Waals surface area contributed by atoms with Crippen molar-refractivity contribution >= 4 is 6.09 Å². The number of hydrogen-bond acceptors (Lipinski definition) is 4. The molecule has 0 aromatic rings. The molecule has 0 bridgehead atoms. The highest BCUT2D eigenvalue weighted by atomic mass is 16.6. The number of carbonyl (C=O) groups excluding carboxylic acids is 1. The fraction of sp³-hybridized carbons (Fsp3) is 0.933. The van der Waals surface area contributed by atoms with Gasteiger partial charge in [-0.25, -0.2) is 4.79 Å². The largest absolute Gasteiger partial charge is 0.444 e. The van der Waals surface area contributed by atoms with E-state index < -0.39 is 5.60 Å². The van der Waals surface area contributed by atoms with Crippen molar-refractivity contribution in [3.05, 3.63) is 0 Å².